The molecule has 2 aliphatic rings. The van der Waals surface area contributed by atoms with Crippen LogP contribution < -0.4 is 4.90 Å². The first-order chi connectivity index (χ1) is 16.9. The molecule has 3 heterocycles. The van der Waals surface area contributed by atoms with Crippen LogP contribution in [0.25, 0.3) is 15.8 Å². The molecular formula is C26H24N4O3S2. The monoisotopic (exact) mass is 504 g/mol. The molecule has 7 nitrogen and oxygen atoms in total. The van der Waals surface area contributed by atoms with Gasteiger partial charge in [-0.15, -0.1) is 11.3 Å². The molecule has 5 rings (SSSR count). The summed E-state index contributed by atoms with van der Waals surface area (Å²) in [6, 6.07) is 17.2. The lowest BCUT2D eigenvalue weighted by Gasteiger charge is -2.31. The molecule has 0 radical (unpaired) electrons. The number of rotatable bonds is 4. The third kappa shape index (κ3) is 4.42. The van der Waals surface area contributed by atoms with E-state index in [1.165, 1.54) is 15.6 Å². The number of sulfonamides is 1. The van der Waals surface area contributed by atoms with Gasteiger partial charge in [-0.2, -0.15) is 9.57 Å². The van der Waals surface area contributed by atoms with E-state index in [1.807, 2.05) is 61.2 Å². The Hall–Kier alpha value is -3.29. The number of ether oxygens (including phenoxy) is 1. The van der Waals surface area contributed by atoms with Crippen LogP contribution in [0.1, 0.15) is 18.9 Å². The summed E-state index contributed by atoms with van der Waals surface area (Å²) in [6.07, 6.45) is 3.89. The second kappa shape index (κ2) is 9.40. The molecule has 0 saturated carbocycles. The van der Waals surface area contributed by atoms with Crippen LogP contribution in [0.2, 0.25) is 0 Å². The van der Waals surface area contributed by atoms with E-state index >= 15 is 0 Å². The van der Waals surface area contributed by atoms with Gasteiger partial charge in [0.15, 0.2) is 0 Å². The first-order valence-electron chi connectivity index (χ1n) is 11.2. The van der Waals surface area contributed by atoms with E-state index in [9.17, 15) is 13.7 Å². The molecule has 1 saturated heterocycles. The van der Waals surface area contributed by atoms with Crippen LogP contribution in [0.5, 0.6) is 0 Å². The van der Waals surface area contributed by atoms with Crippen molar-refractivity contribution >= 4 is 42.8 Å². The molecule has 1 fully saturated rings. The largest absolute Gasteiger partial charge is 0.379 e. The number of benzene rings is 2. The van der Waals surface area contributed by atoms with E-state index in [2.05, 4.69) is 11.1 Å². The van der Waals surface area contributed by atoms with Crippen LogP contribution in [0.4, 0.5) is 5.69 Å². The summed E-state index contributed by atoms with van der Waals surface area (Å²) in [6.45, 7) is 5.41. The van der Waals surface area contributed by atoms with Gasteiger partial charge in [0.25, 0.3) is 0 Å². The van der Waals surface area contributed by atoms with Gasteiger partial charge in [-0.25, -0.2) is 13.4 Å². The van der Waals surface area contributed by atoms with Crippen molar-refractivity contribution in [2.75, 3.05) is 31.2 Å². The zero-order valence-corrected chi connectivity index (χ0v) is 21.1. The van der Waals surface area contributed by atoms with Crippen LogP contribution in [0.15, 0.2) is 82.5 Å². The standard InChI is InChI=1S/C26H24N4O3S2/c1-18-14-20(23(17-27)26-28-24-8-3-4-9-25(24)34-26)15-19(2)30(18)21-6-5-7-22(16-21)35(31,32)29-10-12-33-13-11-29/h3-9,14-16H,10-13H2,1-2H3. The zero-order valence-electron chi connectivity index (χ0n) is 19.4. The summed E-state index contributed by atoms with van der Waals surface area (Å²) in [5.41, 5.74) is 4.70. The molecule has 0 spiro atoms. The molecule has 3 aromatic rings. The molecular weight excluding hydrogens is 480 g/mol. The van der Waals surface area contributed by atoms with E-state index in [0.29, 0.717) is 36.9 Å². The highest BCUT2D eigenvalue weighted by Gasteiger charge is 2.27. The molecule has 2 aliphatic heterocycles. The van der Waals surface area contributed by atoms with Gasteiger partial charge < -0.3 is 9.64 Å². The van der Waals surface area contributed by atoms with Crippen molar-refractivity contribution < 1.29 is 13.2 Å². The Balaban J connectivity index is 1.50. The first kappa shape index (κ1) is 23.5. The molecule has 0 unspecified atom stereocenters. The lowest BCUT2D eigenvalue weighted by atomic mass is 10.0. The Morgan fingerprint density at radius 3 is 2.46 bits per heavy atom. The highest BCUT2D eigenvalue weighted by molar-refractivity contribution is 7.89. The highest BCUT2D eigenvalue weighted by Crippen LogP contribution is 2.35. The molecule has 2 aromatic carbocycles. The van der Waals surface area contributed by atoms with E-state index in [0.717, 1.165) is 32.9 Å². The molecule has 0 aliphatic carbocycles. The minimum atomic E-state index is -3.61. The van der Waals surface area contributed by atoms with Crippen molar-refractivity contribution in [3.63, 3.8) is 0 Å². The number of nitriles is 1. The predicted molar refractivity (Wildman–Crippen MR) is 138 cm³/mol. The summed E-state index contributed by atoms with van der Waals surface area (Å²) >= 11 is 1.50. The van der Waals surface area contributed by atoms with Crippen molar-refractivity contribution in [2.45, 2.75) is 18.7 Å². The van der Waals surface area contributed by atoms with Crippen molar-refractivity contribution in [1.82, 2.24) is 9.29 Å². The van der Waals surface area contributed by atoms with Crippen molar-refractivity contribution in [2.24, 2.45) is 0 Å². The van der Waals surface area contributed by atoms with Gasteiger partial charge in [-0.05, 0) is 61.9 Å². The van der Waals surface area contributed by atoms with Gasteiger partial charge in [0.2, 0.25) is 10.0 Å². The molecule has 1 aromatic heterocycles. The van der Waals surface area contributed by atoms with Crippen LogP contribution in [0.3, 0.4) is 0 Å². The fourth-order valence-electron chi connectivity index (χ4n) is 4.38. The molecule has 0 amide bonds. The first-order valence-corrected chi connectivity index (χ1v) is 13.5. The van der Waals surface area contributed by atoms with Gasteiger partial charge in [-0.1, -0.05) is 18.2 Å². The normalized spacial score (nSPS) is 17.2. The van der Waals surface area contributed by atoms with Crippen molar-refractivity contribution in [3.8, 4) is 6.07 Å². The fourth-order valence-corrected chi connectivity index (χ4v) is 6.82. The van der Waals surface area contributed by atoms with Gasteiger partial charge in [0.05, 0.1) is 33.9 Å². The number of aromatic nitrogens is 1. The molecule has 0 atom stereocenters. The molecule has 0 bridgehead atoms. The average Bonchev–Trinajstić information content (AvgIpc) is 3.29. The summed E-state index contributed by atoms with van der Waals surface area (Å²) < 4.78 is 34.1. The van der Waals surface area contributed by atoms with Gasteiger partial charge in [0, 0.05) is 30.2 Å². The number of para-hydroxylation sites is 1. The zero-order chi connectivity index (χ0) is 24.6. The Morgan fingerprint density at radius 2 is 1.77 bits per heavy atom. The second-order valence-corrected chi connectivity index (χ2v) is 11.3. The van der Waals surface area contributed by atoms with Gasteiger partial charge in [-0.3, -0.25) is 0 Å². The van der Waals surface area contributed by atoms with Crippen molar-refractivity contribution in [3.05, 3.63) is 82.7 Å². The van der Waals surface area contributed by atoms with Gasteiger partial charge in [0.1, 0.15) is 11.1 Å². The van der Waals surface area contributed by atoms with Crippen LogP contribution in [-0.2, 0) is 14.8 Å². The van der Waals surface area contributed by atoms with E-state index in [4.69, 9.17) is 4.74 Å². The third-order valence-corrected chi connectivity index (χ3v) is 8.97. The Bertz CT molecular complexity index is 1480. The lowest BCUT2D eigenvalue weighted by molar-refractivity contribution is 0.0730. The summed E-state index contributed by atoms with van der Waals surface area (Å²) in [7, 11) is -3.61. The highest BCUT2D eigenvalue weighted by atomic mass is 32.2. The summed E-state index contributed by atoms with van der Waals surface area (Å²) in [4.78, 5) is 6.91. The smallest absolute Gasteiger partial charge is 0.243 e. The number of allylic oxidation sites excluding steroid dienone is 6. The lowest BCUT2D eigenvalue weighted by Crippen LogP contribution is -2.40. The summed E-state index contributed by atoms with van der Waals surface area (Å²) in [5, 5.41) is 10.7. The van der Waals surface area contributed by atoms with Crippen molar-refractivity contribution in [1.29, 1.82) is 5.26 Å². The fraction of sp³-hybridized carbons (Fsp3) is 0.231. The third-order valence-electron chi connectivity index (χ3n) is 6.03. The maximum Gasteiger partial charge on any atom is 0.243 e. The Labute approximate surface area is 208 Å². The Morgan fingerprint density at radius 1 is 1.06 bits per heavy atom. The minimum Gasteiger partial charge on any atom is -0.379 e. The van der Waals surface area contributed by atoms with Crippen LogP contribution >= 0.6 is 11.3 Å². The van der Waals surface area contributed by atoms with Crippen LogP contribution in [0, 0.1) is 11.3 Å². The number of anilines is 1. The molecule has 0 N–H and O–H groups in total. The maximum absolute atomic E-state index is 13.2. The van der Waals surface area contributed by atoms with E-state index in [-0.39, 0.29) is 4.90 Å². The predicted octanol–water partition coefficient (Wildman–Crippen LogP) is 4.92. The maximum atomic E-state index is 13.2. The minimum absolute atomic E-state index is 0.256. The number of thiazole rings is 1. The summed E-state index contributed by atoms with van der Waals surface area (Å²) in [5.74, 6) is 0. The number of hydrogen-bond donors (Lipinski definition) is 0. The Kier molecular flexibility index (Phi) is 6.30. The van der Waals surface area contributed by atoms with E-state index in [1.54, 1.807) is 18.2 Å². The topological polar surface area (TPSA) is 86.5 Å². The number of morpholine rings is 1. The molecule has 178 valence electrons. The second-order valence-electron chi connectivity index (χ2n) is 8.35. The van der Waals surface area contributed by atoms with Gasteiger partial charge >= 0.3 is 0 Å². The quantitative estimate of drug-likeness (QED) is 0.469. The number of fused-ring (bicyclic) bond motifs is 1. The SMILES string of the molecule is CC1=CC(=C(C#N)c2nc3ccccc3s2)C=C(C)N1c1cccc(S(=O)(=O)N2CCOCC2)c1. The number of hydrogen-bond acceptors (Lipinski definition) is 7. The van der Waals surface area contributed by atoms with Crippen LogP contribution in [-0.4, -0.2) is 44.0 Å². The molecule has 35 heavy (non-hydrogen) atoms. The average molecular weight is 505 g/mol. The molecule has 9 heteroatoms. The van der Waals surface area contributed by atoms with E-state index < -0.39 is 10.0 Å². The number of nitrogens with zero attached hydrogens (tertiary/aromatic N) is 4.